The van der Waals surface area contributed by atoms with E-state index >= 15 is 0 Å². The molecule has 0 unspecified atom stereocenters. The number of carbonyl (C=O) groups excluding carboxylic acids is 1. The van der Waals surface area contributed by atoms with E-state index in [2.05, 4.69) is 50.0 Å². The number of phenols is 1. The normalized spacial score (nSPS) is 16.3. The molecular weight excluding hydrogens is 1210 g/mol. The number of aromatic amines is 1. The van der Waals surface area contributed by atoms with Crippen LogP contribution in [0, 0.1) is 5.41 Å². The van der Waals surface area contributed by atoms with Crippen molar-refractivity contribution in [3.63, 3.8) is 0 Å². The number of piperazine rings is 3. The Bertz CT molecular complexity index is 4030. The number of phenolic OH excluding ortho intramolecular Hbond substituents is 1. The lowest BCUT2D eigenvalue weighted by atomic mass is 9.93. The van der Waals surface area contributed by atoms with E-state index < -0.39 is 27.3 Å². The molecule has 6 aromatic carbocycles. The molecule has 1 aromatic heterocycles. The summed E-state index contributed by atoms with van der Waals surface area (Å²) in [5, 5.41) is 33.5. The summed E-state index contributed by atoms with van der Waals surface area (Å²) >= 11 is 0. The van der Waals surface area contributed by atoms with Crippen LogP contribution in [0.25, 0.3) is 0 Å². The second kappa shape index (κ2) is 28.8. The highest BCUT2D eigenvalue weighted by atomic mass is 32.2. The molecule has 3 fully saturated rings. The van der Waals surface area contributed by atoms with Crippen LogP contribution in [-0.2, 0) is 26.0 Å². The predicted octanol–water partition coefficient (Wildman–Crippen LogP) is 7.53. The number of methoxy groups -OCH3 is 3. The summed E-state index contributed by atoms with van der Waals surface area (Å²) in [4.78, 5) is 51.6. The third-order valence-corrected chi connectivity index (χ3v) is 17.1. The number of hydrogen-bond donors (Lipinski definition) is 4. The van der Waals surface area contributed by atoms with Crippen molar-refractivity contribution in [2.75, 3.05) is 126 Å². The molecule has 0 saturated carbocycles. The van der Waals surface area contributed by atoms with Crippen molar-refractivity contribution in [2.45, 2.75) is 26.7 Å². The molecule has 13 rings (SSSR count). The molecule has 93 heavy (non-hydrogen) atoms. The zero-order valence-corrected chi connectivity index (χ0v) is 53.6. The zero-order chi connectivity index (χ0) is 65.2. The number of fused-ring (bicyclic) bond motifs is 6. The number of sulfonamides is 1. The van der Waals surface area contributed by atoms with Gasteiger partial charge in [-0.25, -0.2) is 23.4 Å². The van der Waals surface area contributed by atoms with Crippen molar-refractivity contribution in [3.05, 3.63) is 144 Å². The van der Waals surface area contributed by atoms with Crippen LogP contribution in [0.3, 0.4) is 0 Å². The molecule has 0 radical (unpaired) electrons. The summed E-state index contributed by atoms with van der Waals surface area (Å²) in [5.74, 6) is 8.40. The number of carboxylic acids is 1. The van der Waals surface area contributed by atoms with E-state index in [0.29, 0.717) is 68.0 Å². The van der Waals surface area contributed by atoms with E-state index in [-0.39, 0.29) is 12.2 Å². The molecular formula is C66H76N14O12S. The van der Waals surface area contributed by atoms with E-state index in [4.69, 9.17) is 43.4 Å². The fraction of sp³-hybridized carbons (Fsp3) is 0.364. The fourth-order valence-electron chi connectivity index (χ4n) is 11.4. The van der Waals surface area contributed by atoms with Crippen molar-refractivity contribution in [1.82, 2.24) is 54.7 Å². The van der Waals surface area contributed by atoms with Crippen molar-refractivity contribution < 1.29 is 56.6 Å². The number of carbonyl (C=O) groups is 2. The minimum absolute atomic E-state index is 0.113. The van der Waals surface area contributed by atoms with Gasteiger partial charge in [-0.15, -0.1) is 10.2 Å². The highest BCUT2D eigenvalue weighted by Gasteiger charge is 2.34. The molecule has 6 aliphatic heterocycles. The largest absolute Gasteiger partial charge is 0.508 e. The third-order valence-electron chi connectivity index (χ3n) is 16.5. The number of nitrogens with zero attached hydrogens (tertiary/aromatic N) is 12. The molecule has 0 atom stereocenters. The first-order valence-corrected chi connectivity index (χ1v) is 32.5. The quantitative estimate of drug-likeness (QED) is 0.0867. The SMILES string of the molecule is COc1ccc2c(c1)C(N1CCN(CC(C)(C)C(=O)O)CC1)=Nc1ccc(O)cc1O2.COc1ccc2c(c1)C(N1CCN(CCC(=O)NS(C)(=O)=O)CC1)=Nc1ccccc1O2.COc1ccc2c(c1)C(N1CCN(CCc3nn[nH]n3)CC1)=Nc1ccccc1O2. The number of aromatic nitrogens is 4. The van der Waals surface area contributed by atoms with Gasteiger partial charge in [0, 0.05) is 117 Å². The standard InChI is InChI=1S/C23H27N3O5.C22H26N4O5S.C21H23N7O2/c1-23(2,22(28)29)14-25-8-10-26(11-9-25)21-17-13-16(30-3)5-7-19(17)31-20-12-15(27)4-6-18(20)24-21;1-30-16-7-8-19-17(15-16)22(23-18-5-3-4-6-20(18)31-19)26-13-11-25(12-14-26)10-9-21(27)24-32(2,28)29;1-29-15-6-7-18-16(14-15)21(22-17-4-2-3-5-19(17)30-18)28-12-10-27(11-13-28)9-8-20-23-25-26-24-20/h4-7,12-13,27H,8-11,14H2,1-3H3,(H,28,29);3-8,15H,9-14H2,1-2H3,(H,24,27);2-7,14H,8-13H2,1H3,(H,23,24,25,26). The van der Waals surface area contributed by atoms with E-state index in [9.17, 15) is 28.2 Å². The second-order valence-electron chi connectivity index (χ2n) is 23.5. The van der Waals surface area contributed by atoms with E-state index in [1.807, 2.05) is 108 Å². The van der Waals surface area contributed by atoms with Gasteiger partial charge in [-0.3, -0.25) is 29.0 Å². The van der Waals surface area contributed by atoms with Gasteiger partial charge in [0.05, 0.1) is 49.7 Å². The number of ether oxygens (including phenoxy) is 6. The topological polar surface area (TPSA) is 287 Å². The number of carboxylic acid groups (broad SMARTS) is 1. The van der Waals surface area contributed by atoms with Crippen molar-refractivity contribution in [2.24, 2.45) is 20.4 Å². The van der Waals surface area contributed by atoms with Gasteiger partial charge >= 0.3 is 5.97 Å². The molecule has 1 amide bonds. The van der Waals surface area contributed by atoms with Crippen LogP contribution in [0.4, 0.5) is 17.1 Å². The number of tetrazole rings is 1. The minimum atomic E-state index is -3.53. The third kappa shape index (κ3) is 16.1. The lowest BCUT2D eigenvalue weighted by Gasteiger charge is -2.39. The maximum absolute atomic E-state index is 11.8. The number of H-pyrrole nitrogens is 1. The molecule has 3 saturated heterocycles. The Morgan fingerprint density at radius 2 is 0.989 bits per heavy atom. The Labute approximate surface area is 539 Å². The van der Waals surface area contributed by atoms with Crippen molar-refractivity contribution in [1.29, 1.82) is 0 Å². The lowest BCUT2D eigenvalue weighted by Crippen LogP contribution is -2.52. The van der Waals surface area contributed by atoms with Crippen molar-refractivity contribution >= 4 is 56.5 Å². The van der Waals surface area contributed by atoms with Gasteiger partial charge in [0.2, 0.25) is 15.9 Å². The first kappa shape index (κ1) is 64.7. The van der Waals surface area contributed by atoms with Gasteiger partial charge in [0.15, 0.2) is 23.1 Å². The van der Waals surface area contributed by atoms with Gasteiger partial charge in [-0.05, 0) is 105 Å². The molecule has 7 aromatic rings. The Balaban J connectivity index is 0.000000143. The summed E-state index contributed by atoms with van der Waals surface area (Å²) in [5.41, 5.74) is 4.07. The highest BCUT2D eigenvalue weighted by Crippen LogP contribution is 2.43. The molecule has 0 spiro atoms. The fourth-order valence-corrected chi connectivity index (χ4v) is 11.9. The summed E-state index contributed by atoms with van der Waals surface area (Å²) in [6, 6.07) is 37.6. The number of amidine groups is 3. The van der Waals surface area contributed by atoms with Crippen LogP contribution in [0.2, 0.25) is 0 Å². The molecule has 488 valence electrons. The molecule has 27 heteroatoms. The molecule has 4 N–H and O–H groups in total. The van der Waals surface area contributed by atoms with Gasteiger partial charge in [0.25, 0.3) is 0 Å². The summed E-state index contributed by atoms with van der Waals surface area (Å²) < 4.78 is 59.1. The summed E-state index contributed by atoms with van der Waals surface area (Å²) in [7, 11) is 1.39. The number of nitrogens with one attached hydrogen (secondary N) is 2. The first-order chi connectivity index (χ1) is 44.9. The molecule has 26 nitrogen and oxygen atoms in total. The number of aliphatic imine (C=N–C) groups is 3. The van der Waals surface area contributed by atoms with Crippen LogP contribution in [0.1, 0.15) is 42.8 Å². The van der Waals surface area contributed by atoms with Crippen LogP contribution in [0.5, 0.6) is 57.5 Å². The van der Waals surface area contributed by atoms with E-state index in [1.54, 1.807) is 53.4 Å². The van der Waals surface area contributed by atoms with Gasteiger partial charge in [0.1, 0.15) is 74.8 Å². The van der Waals surface area contributed by atoms with Crippen LogP contribution >= 0.6 is 0 Å². The van der Waals surface area contributed by atoms with Crippen LogP contribution in [-0.4, -0.2) is 224 Å². The van der Waals surface area contributed by atoms with Gasteiger partial charge in [-0.1, -0.05) is 29.5 Å². The lowest BCUT2D eigenvalue weighted by molar-refractivity contribution is -0.148. The number of aliphatic carboxylic acids is 1. The predicted molar refractivity (Wildman–Crippen MR) is 350 cm³/mol. The summed E-state index contributed by atoms with van der Waals surface area (Å²) in [6.07, 6.45) is 1.90. The van der Waals surface area contributed by atoms with E-state index in [1.165, 1.54) is 0 Å². The number of amides is 1. The number of aromatic hydroxyl groups is 1. The highest BCUT2D eigenvalue weighted by molar-refractivity contribution is 7.89. The van der Waals surface area contributed by atoms with Crippen molar-refractivity contribution in [3.8, 4) is 57.5 Å². The number of rotatable bonds is 13. The number of para-hydroxylation sites is 4. The van der Waals surface area contributed by atoms with Crippen LogP contribution in [0.15, 0.2) is 136 Å². The Kier molecular flexibility index (Phi) is 20.0. The summed E-state index contributed by atoms with van der Waals surface area (Å²) in [6.45, 7) is 14.8. The number of hydrogen-bond acceptors (Lipinski definition) is 23. The Hall–Kier alpha value is -9.83. The smallest absolute Gasteiger partial charge is 0.310 e. The maximum atomic E-state index is 11.8. The second-order valence-corrected chi connectivity index (χ2v) is 25.3. The minimum Gasteiger partial charge on any atom is -0.508 e. The van der Waals surface area contributed by atoms with Crippen LogP contribution < -0.4 is 33.1 Å². The average molecular weight is 1290 g/mol. The molecule has 0 bridgehead atoms. The molecule has 6 aliphatic rings. The zero-order valence-electron chi connectivity index (χ0n) is 52.8. The van der Waals surface area contributed by atoms with Gasteiger partial charge in [-0.2, -0.15) is 5.21 Å². The first-order valence-electron chi connectivity index (χ1n) is 30.6. The average Bonchev–Trinajstić information content (AvgIpc) is 1.72. The van der Waals surface area contributed by atoms with E-state index in [0.717, 1.165) is 152 Å². The van der Waals surface area contributed by atoms with Gasteiger partial charge < -0.3 is 53.3 Å². The Morgan fingerprint density at radius 3 is 1.42 bits per heavy atom. The Morgan fingerprint density at radius 1 is 0.559 bits per heavy atom. The maximum Gasteiger partial charge on any atom is 0.310 e. The monoisotopic (exact) mass is 1290 g/mol. The molecule has 7 heterocycles. The molecule has 0 aliphatic carbocycles. The number of benzene rings is 6.